The molecule has 0 aliphatic rings. The Morgan fingerprint density at radius 1 is 0.429 bits per heavy atom. The number of hydrogen-bond acceptors (Lipinski definition) is 1. The molecule has 0 aliphatic heterocycles. The first kappa shape index (κ1) is 30.0. The van der Waals surface area contributed by atoms with E-state index in [0.29, 0.717) is 0 Å². The maximum atomic E-state index is 3.85. The van der Waals surface area contributed by atoms with Gasteiger partial charge in [0.2, 0.25) is 0 Å². The predicted molar refractivity (Wildman–Crippen MR) is 185 cm³/mol. The van der Waals surface area contributed by atoms with Crippen LogP contribution in [0.15, 0.2) is 78.9 Å². The number of fused-ring (bicyclic) bond motifs is 3. The average Bonchev–Trinajstić information content (AvgIpc) is 3.26. The standard InChI is InChI=1S/C40H50N2/c1-37(2,3)26-13-18-30(19-14-26)42(31-20-15-27(16-21-31)38(4,5)6)35-25-29(40(10,11)12)24-33-32-23-28(39(7,8)9)17-22-34(32)41-36(33)35/h13-25,41H,1-12H3. The van der Waals surface area contributed by atoms with Crippen LogP contribution < -0.4 is 4.90 Å². The molecular formula is C40H50N2. The summed E-state index contributed by atoms with van der Waals surface area (Å²) in [6.45, 7) is 27.5. The average molecular weight is 559 g/mol. The Hall–Kier alpha value is -3.52. The van der Waals surface area contributed by atoms with Gasteiger partial charge < -0.3 is 9.88 Å². The molecule has 1 N–H and O–H groups in total. The zero-order valence-corrected chi connectivity index (χ0v) is 28.0. The number of aromatic amines is 1. The highest BCUT2D eigenvalue weighted by Gasteiger charge is 2.25. The van der Waals surface area contributed by atoms with Gasteiger partial charge in [0, 0.05) is 27.7 Å². The molecule has 0 aliphatic carbocycles. The lowest BCUT2D eigenvalue weighted by Crippen LogP contribution is -2.16. The van der Waals surface area contributed by atoms with Crippen molar-refractivity contribution in [1.82, 2.24) is 4.98 Å². The van der Waals surface area contributed by atoms with E-state index in [1.54, 1.807) is 0 Å². The van der Waals surface area contributed by atoms with Crippen molar-refractivity contribution in [2.45, 2.75) is 105 Å². The molecule has 220 valence electrons. The van der Waals surface area contributed by atoms with Crippen LogP contribution in [0.1, 0.15) is 105 Å². The number of hydrogen-bond donors (Lipinski definition) is 1. The summed E-state index contributed by atoms with van der Waals surface area (Å²) in [5.41, 5.74) is 11.5. The largest absolute Gasteiger partial charge is 0.353 e. The summed E-state index contributed by atoms with van der Waals surface area (Å²) in [5.74, 6) is 0. The van der Waals surface area contributed by atoms with Crippen LogP contribution in [-0.2, 0) is 21.7 Å². The van der Waals surface area contributed by atoms with Gasteiger partial charge in [-0.1, -0.05) is 113 Å². The van der Waals surface area contributed by atoms with Crippen molar-refractivity contribution in [1.29, 1.82) is 0 Å². The monoisotopic (exact) mass is 558 g/mol. The molecule has 5 aromatic rings. The molecule has 0 unspecified atom stereocenters. The van der Waals surface area contributed by atoms with Crippen molar-refractivity contribution >= 4 is 38.9 Å². The van der Waals surface area contributed by atoms with E-state index in [1.165, 1.54) is 49.7 Å². The summed E-state index contributed by atoms with van der Waals surface area (Å²) in [7, 11) is 0. The fourth-order valence-electron chi connectivity index (χ4n) is 5.71. The minimum atomic E-state index is -0.00791. The van der Waals surface area contributed by atoms with Crippen molar-refractivity contribution in [3.05, 3.63) is 101 Å². The van der Waals surface area contributed by atoms with Gasteiger partial charge in [-0.15, -0.1) is 0 Å². The first-order valence-electron chi connectivity index (χ1n) is 15.5. The van der Waals surface area contributed by atoms with Crippen LogP contribution in [0.2, 0.25) is 0 Å². The highest BCUT2D eigenvalue weighted by atomic mass is 15.1. The minimum absolute atomic E-state index is 0.00791. The molecule has 0 saturated heterocycles. The van der Waals surface area contributed by atoms with Gasteiger partial charge in [-0.25, -0.2) is 0 Å². The molecule has 2 nitrogen and oxygen atoms in total. The lowest BCUT2D eigenvalue weighted by molar-refractivity contribution is 0.590. The van der Waals surface area contributed by atoms with Crippen LogP contribution in [0.5, 0.6) is 0 Å². The minimum Gasteiger partial charge on any atom is -0.353 e. The van der Waals surface area contributed by atoms with Gasteiger partial charge in [-0.05, 0) is 92.4 Å². The third-order valence-corrected chi connectivity index (χ3v) is 8.64. The third-order valence-electron chi connectivity index (χ3n) is 8.64. The smallest absolute Gasteiger partial charge is 0.0710 e. The van der Waals surface area contributed by atoms with Crippen molar-refractivity contribution in [3.8, 4) is 0 Å². The van der Waals surface area contributed by atoms with E-state index >= 15 is 0 Å². The van der Waals surface area contributed by atoms with E-state index in [0.717, 1.165) is 11.4 Å². The topological polar surface area (TPSA) is 19.0 Å². The van der Waals surface area contributed by atoms with Gasteiger partial charge in [0.05, 0.1) is 11.2 Å². The van der Waals surface area contributed by atoms with Crippen molar-refractivity contribution in [3.63, 3.8) is 0 Å². The molecule has 0 bridgehead atoms. The van der Waals surface area contributed by atoms with Crippen LogP contribution in [0.3, 0.4) is 0 Å². The number of nitrogens with one attached hydrogen (secondary N) is 1. The van der Waals surface area contributed by atoms with Crippen molar-refractivity contribution < 1.29 is 0 Å². The Labute approximate surface area is 254 Å². The van der Waals surface area contributed by atoms with Gasteiger partial charge in [0.25, 0.3) is 0 Å². The molecule has 4 aromatic carbocycles. The maximum absolute atomic E-state index is 3.85. The highest BCUT2D eigenvalue weighted by Crippen LogP contribution is 2.44. The summed E-state index contributed by atoms with van der Waals surface area (Å²) >= 11 is 0. The second-order valence-electron chi connectivity index (χ2n) is 16.2. The summed E-state index contributed by atoms with van der Waals surface area (Å²) in [5, 5.41) is 2.57. The van der Waals surface area contributed by atoms with Crippen LogP contribution >= 0.6 is 0 Å². The third kappa shape index (κ3) is 5.74. The van der Waals surface area contributed by atoms with Crippen LogP contribution in [0, 0.1) is 0 Å². The Morgan fingerprint density at radius 2 is 0.833 bits per heavy atom. The number of nitrogens with zero attached hydrogens (tertiary/aromatic N) is 1. The van der Waals surface area contributed by atoms with E-state index < -0.39 is 0 Å². The van der Waals surface area contributed by atoms with E-state index in [4.69, 9.17) is 0 Å². The number of aromatic nitrogens is 1. The Bertz CT molecular complexity index is 1660. The lowest BCUT2D eigenvalue weighted by Gasteiger charge is -2.30. The van der Waals surface area contributed by atoms with Crippen molar-refractivity contribution in [2.75, 3.05) is 4.90 Å². The number of H-pyrrole nitrogens is 1. The summed E-state index contributed by atoms with van der Waals surface area (Å²) < 4.78 is 0. The predicted octanol–water partition coefficient (Wildman–Crippen LogP) is 12.0. The molecule has 1 heterocycles. The summed E-state index contributed by atoms with van der Waals surface area (Å²) in [4.78, 5) is 6.29. The lowest BCUT2D eigenvalue weighted by atomic mass is 9.84. The quantitative estimate of drug-likeness (QED) is 0.233. The number of anilines is 3. The zero-order chi connectivity index (χ0) is 30.8. The van der Waals surface area contributed by atoms with E-state index in [9.17, 15) is 0 Å². The molecule has 0 amide bonds. The second-order valence-corrected chi connectivity index (χ2v) is 16.2. The van der Waals surface area contributed by atoms with Gasteiger partial charge >= 0.3 is 0 Å². The molecule has 1 aromatic heterocycles. The molecule has 5 rings (SSSR count). The van der Waals surface area contributed by atoms with Crippen LogP contribution in [0.25, 0.3) is 21.8 Å². The normalized spacial score (nSPS) is 13.2. The molecular weight excluding hydrogens is 508 g/mol. The molecule has 0 saturated carbocycles. The molecule has 0 fully saturated rings. The van der Waals surface area contributed by atoms with Crippen LogP contribution in [0.4, 0.5) is 17.1 Å². The summed E-state index contributed by atoms with van der Waals surface area (Å²) in [6, 6.07) is 30.0. The molecule has 0 spiro atoms. The van der Waals surface area contributed by atoms with E-state index in [2.05, 4.69) is 172 Å². The number of rotatable bonds is 3. The Balaban J connectivity index is 1.83. The molecule has 2 heteroatoms. The molecule has 42 heavy (non-hydrogen) atoms. The van der Waals surface area contributed by atoms with Gasteiger partial charge in [0.1, 0.15) is 0 Å². The van der Waals surface area contributed by atoms with Gasteiger partial charge in [0.15, 0.2) is 0 Å². The fourth-order valence-corrected chi connectivity index (χ4v) is 5.71. The SMILES string of the molecule is CC(C)(C)c1ccc(N(c2ccc(C(C)(C)C)cc2)c2cc(C(C)(C)C)cc3c2[nH]c2ccc(C(C)(C)C)cc23)cc1. The Morgan fingerprint density at radius 3 is 1.26 bits per heavy atom. The highest BCUT2D eigenvalue weighted by molar-refractivity contribution is 6.13. The van der Waals surface area contributed by atoms with E-state index in [-0.39, 0.29) is 21.7 Å². The molecule has 0 radical (unpaired) electrons. The van der Waals surface area contributed by atoms with Gasteiger partial charge in [-0.2, -0.15) is 0 Å². The first-order chi connectivity index (χ1) is 19.3. The van der Waals surface area contributed by atoms with E-state index in [1.807, 2.05) is 0 Å². The van der Waals surface area contributed by atoms with Crippen molar-refractivity contribution in [2.24, 2.45) is 0 Å². The van der Waals surface area contributed by atoms with Gasteiger partial charge in [-0.3, -0.25) is 0 Å². The maximum Gasteiger partial charge on any atom is 0.0710 e. The van der Waals surface area contributed by atoms with Crippen LogP contribution in [-0.4, -0.2) is 4.98 Å². The first-order valence-corrected chi connectivity index (χ1v) is 15.5. The summed E-state index contributed by atoms with van der Waals surface area (Å²) in [6.07, 6.45) is 0. The fraction of sp³-hybridized carbons (Fsp3) is 0.400. The molecule has 0 atom stereocenters. The zero-order valence-electron chi connectivity index (χ0n) is 28.0. The Kier molecular flexibility index (Phi) is 7.16. The number of benzene rings is 4. The second kappa shape index (κ2) is 10.0.